The third-order valence-electron chi connectivity index (χ3n) is 6.48. The van der Waals surface area contributed by atoms with E-state index in [0.717, 1.165) is 54.7 Å². The van der Waals surface area contributed by atoms with Crippen molar-refractivity contribution in [3.63, 3.8) is 0 Å². The third kappa shape index (κ3) is 4.52. The average molecular weight is 410 g/mol. The molecule has 0 unspecified atom stereocenters. The number of aliphatic hydroxyl groups excluding tert-OH is 1. The van der Waals surface area contributed by atoms with Gasteiger partial charge < -0.3 is 19.5 Å². The fourth-order valence-electron chi connectivity index (χ4n) is 4.74. The van der Waals surface area contributed by atoms with Gasteiger partial charge in [0.25, 0.3) is 0 Å². The zero-order valence-corrected chi connectivity index (χ0v) is 17.7. The molecule has 1 N–H and O–H groups in total. The Kier molecular flexibility index (Phi) is 6.40. The number of amides is 1. The summed E-state index contributed by atoms with van der Waals surface area (Å²) in [5.41, 5.74) is 2.98. The first-order chi connectivity index (χ1) is 14.6. The molecule has 0 bridgehead atoms. The number of aliphatic hydroxyl groups is 1. The van der Waals surface area contributed by atoms with E-state index in [1.807, 2.05) is 17.0 Å². The van der Waals surface area contributed by atoms with Crippen molar-refractivity contribution < 1.29 is 19.4 Å². The number of hydrogen-bond donors (Lipinski definition) is 1. The molecule has 2 heterocycles. The number of benzene rings is 2. The maximum absolute atomic E-state index is 13.6. The SMILES string of the molecule is COc1ccc(-c2cccc(CC3(C(=O)N4CCC[C@@H](O)C4)CCOCC3)c2)cc1. The van der Waals surface area contributed by atoms with Gasteiger partial charge in [0.2, 0.25) is 5.91 Å². The van der Waals surface area contributed by atoms with Gasteiger partial charge in [-0.05, 0) is 60.9 Å². The summed E-state index contributed by atoms with van der Waals surface area (Å²) in [5, 5.41) is 10.1. The smallest absolute Gasteiger partial charge is 0.229 e. The molecule has 2 aliphatic rings. The van der Waals surface area contributed by atoms with Crippen molar-refractivity contribution in [2.45, 2.75) is 38.2 Å². The van der Waals surface area contributed by atoms with Crippen LogP contribution in [0.2, 0.25) is 0 Å². The number of likely N-dealkylation sites (tertiary alicyclic amines) is 1. The molecule has 0 radical (unpaired) electrons. The predicted octanol–water partition coefficient (Wildman–Crippen LogP) is 3.68. The molecule has 0 spiro atoms. The number of hydrogen-bond acceptors (Lipinski definition) is 4. The second-order valence-corrected chi connectivity index (χ2v) is 8.55. The minimum atomic E-state index is -0.451. The van der Waals surface area contributed by atoms with Crippen molar-refractivity contribution in [3.05, 3.63) is 54.1 Å². The van der Waals surface area contributed by atoms with Crippen LogP contribution in [-0.2, 0) is 16.0 Å². The van der Waals surface area contributed by atoms with Gasteiger partial charge in [-0.25, -0.2) is 0 Å². The average Bonchev–Trinajstić information content (AvgIpc) is 2.79. The van der Waals surface area contributed by atoms with Crippen LogP contribution in [0, 0.1) is 5.41 Å². The van der Waals surface area contributed by atoms with Crippen LogP contribution in [0.4, 0.5) is 0 Å². The van der Waals surface area contributed by atoms with Crippen LogP contribution in [0.5, 0.6) is 5.75 Å². The molecule has 2 saturated heterocycles. The number of rotatable bonds is 5. The number of ether oxygens (including phenoxy) is 2. The van der Waals surface area contributed by atoms with Crippen LogP contribution in [0.1, 0.15) is 31.2 Å². The zero-order valence-electron chi connectivity index (χ0n) is 17.7. The molecule has 1 atom stereocenters. The molecule has 30 heavy (non-hydrogen) atoms. The summed E-state index contributed by atoms with van der Waals surface area (Å²) in [6, 6.07) is 16.5. The number of piperidine rings is 1. The maximum Gasteiger partial charge on any atom is 0.229 e. The maximum atomic E-state index is 13.6. The van der Waals surface area contributed by atoms with Gasteiger partial charge in [-0.1, -0.05) is 36.4 Å². The van der Waals surface area contributed by atoms with Crippen LogP contribution >= 0.6 is 0 Å². The van der Waals surface area contributed by atoms with E-state index in [-0.39, 0.29) is 5.91 Å². The third-order valence-corrected chi connectivity index (χ3v) is 6.48. The van der Waals surface area contributed by atoms with E-state index < -0.39 is 11.5 Å². The lowest BCUT2D eigenvalue weighted by molar-refractivity contribution is -0.151. The minimum Gasteiger partial charge on any atom is -0.497 e. The molecule has 160 valence electrons. The van der Waals surface area contributed by atoms with E-state index in [2.05, 4.69) is 36.4 Å². The highest BCUT2D eigenvalue weighted by Gasteiger charge is 2.43. The number of methoxy groups -OCH3 is 1. The Labute approximate surface area is 178 Å². The first kappa shape index (κ1) is 20.9. The molecule has 0 saturated carbocycles. The highest BCUT2D eigenvalue weighted by molar-refractivity contribution is 5.83. The number of carbonyl (C=O) groups excluding carboxylic acids is 1. The molecule has 5 heteroatoms. The quantitative estimate of drug-likeness (QED) is 0.818. The summed E-state index contributed by atoms with van der Waals surface area (Å²) in [7, 11) is 1.67. The van der Waals surface area contributed by atoms with Crippen LogP contribution in [-0.4, -0.2) is 55.4 Å². The molecule has 1 amide bonds. The fourth-order valence-corrected chi connectivity index (χ4v) is 4.74. The van der Waals surface area contributed by atoms with Crippen molar-refractivity contribution in [3.8, 4) is 16.9 Å². The molecule has 2 fully saturated rings. The molecular formula is C25H31NO4. The van der Waals surface area contributed by atoms with Gasteiger partial charge in [0.1, 0.15) is 5.75 Å². The second kappa shape index (κ2) is 9.19. The Hall–Kier alpha value is -2.37. The molecule has 4 rings (SSSR count). The Balaban J connectivity index is 1.58. The Morgan fingerprint density at radius 3 is 2.63 bits per heavy atom. The van der Waals surface area contributed by atoms with Crippen molar-refractivity contribution in [2.75, 3.05) is 33.4 Å². The molecule has 2 aromatic carbocycles. The normalized spacial score (nSPS) is 21.3. The number of nitrogens with zero attached hydrogens (tertiary/aromatic N) is 1. The molecule has 0 aromatic heterocycles. The van der Waals surface area contributed by atoms with Crippen LogP contribution in [0.15, 0.2) is 48.5 Å². The van der Waals surface area contributed by atoms with Gasteiger partial charge in [0.05, 0.1) is 18.6 Å². The predicted molar refractivity (Wildman–Crippen MR) is 116 cm³/mol. The Bertz CT molecular complexity index is 858. The van der Waals surface area contributed by atoms with E-state index in [1.54, 1.807) is 7.11 Å². The molecular weight excluding hydrogens is 378 g/mol. The highest BCUT2D eigenvalue weighted by Crippen LogP contribution is 2.38. The van der Waals surface area contributed by atoms with Crippen molar-refractivity contribution >= 4 is 5.91 Å². The van der Waals surface area contributed by atoms with Gasteiger partial charge in [-0.2, -0.15) is 0 Å². The van der Waals surface area contributed by atoms with E-state index in [4.69, 9.17) is 9.47 Å². The molecule has 0 aliphatic carbocycles. The van der Waals surface area contributed by atoms with E-state index in [1.165, 1.54) is 0 Å². The minimum absolute atomic E-state index is 0.180. The highest BCUT2D eigenvalue weighted by atomic mass is 16.5. The van der Waals surface area contributed by atoms with E-state index in [0.29, 0.717) is 26.2 Å². The fraction of sp³-hybridized carbons (Fsp3) is 0.480. The summed E-state index contributed by atoms with van der Waals surface area (Å²) in [4.78, 5) is 15.5. The molecule has 5 nitrogen and oxygen atoms in total. The monoisotopic (exact) mass is 409 g/mol. The van der Waals surface area contributed by atoms with Gasteiger partial charge in [0, 0.05) is 26.3 Å². The first-order valence-electron chi connectivity index (χ1n) is 10.9. The number of carbonyl (C=O) groups is 1. The van der Waals surface area contributed by atoms with Crippen molar-refractivity contribution in [2.24, 2.45) is 5.41 Å². The van der Waals surface area contributed by atoms with Gasteiger partial charge >= 0.3 is 0 Å². The second-order valence-electron chi connectivity index (χ2n) is 8.55. The molecule has 2 aliphatic heterocycles. The van der Waals surface area contributed by atoms with Crippen molar-refractivity contribution in [1.29, 1.82) is 0 Å². The van der Waals surface area contributed by atoms with Crippen LogP contribution in [0.25, 0.3) is 11.1 Å². The standard InChI is InChI=1S/C25H31NO4/c1-29-23-9-7-20(8-10-23)21-5-2-4-19(16-21)17-25(11-14-30-15-12-25)24(28)26-13-3-6-22(27)18-26/h2,4-5,7-10,16,22,27H,3,6,11-15,17-18H2,1H3/t22-/m1/s1. The lowest BCUT2D eigenvalue weighted by Gasteiger charge is -2.42. The van der Waals surface area contributed by atoms with E-state index >= 15 is 0 Å². The number of β-amino-alcohol motifs (C(OH)–C–C–N with tert-alkyl or cyclic N) is 1. The van der Waals surface area contributed by atoms with Crippen molar-refractivity contribution in [1.82, 2.24) is 4.90 Å². The summed E-state index contributed by atoms with van der Waals surface area (Å²) < 4.78 is 10.9. The summed E-state index contributed by atoms with van der Waals surface area (Å²) in [5.74, 6) is 1.02. The van der Waals surface area contributed by atoms with Crippen LogP contribution < -0.4 is 4.74 Å². The largest absolute Gasteiger partial charge is 0.497 e. The Morgan fingerprint density at radius 2 is 1.93 bits per heavy atom. The molecule has 2 aromatic rings. The van der Waals surface area contributed by atoms with Crippen LogP contribution in [0.3, 0.4) is 0 Å². The summed E-state index contributed by atoms with van der Waals surface area (Å²) in [6.45, 7) is 2.42. The van der Waals surface area contributed by atoms with Gasteiger partial charge in [0.15, 0.2) is 0 Å². The van der Waals surface area contributed by atoms with Gasteiger partial charge in [-0.3, -0.25) is 4.79 Å². The first-order valence-corrected chi connectivity index (χ1v) is 10.9. The summed E-state index contributed by atoms with van der Waals surface area (Å²) in [6.07, 6.45) is 3.40. The van der Waals surface area contributed by atoms with E-state index in [9.17, 15) is 9.90 Å². The Morgan fingerprint density at radius 1 is 1.17 bits per heavy atom. The van der Waals surface area contributed by atoms with Gasteiger partial charge in [-0.15, -0.1) is 0 Å². The summed E-state index contributed by atoms with van der Waals surface area (Å²) >= 11 is 0. The zero-order chi connectivity index (χ0) is 21.0. The lowest BCUT2D eigenvalue weighted by Crippen LogP contribution is -2.52. The lowest BCUT2D eigenvalue weighted by atomic mass is 9.73. The topological polar surface area (TPSA) is 59.0 Å².